The predicted octanol–water partition coefficient (Wildman–Crippen LogP) is 3.61. The second kappa shape index (κ2) is 5.93. The minimum absolute atomic E-state index is 0.148. The van der Waals surface area contributed by atoms with Crippen molar-refractivity contribution in [2.75, 3.05) is 4.90 Å². The van der Waals surface area contributed by atoms with Crippen LogP contribution in [0.15, 0.2) is 48.9 Å². The molecule has 0 aliphatic carbocycles. The number of benzene rings is 1. The van der Waals surface area contributed by atoms with Crippen LogP contribution in [0.5, 0.6) is 0 Å². The van der Waals surface area contributed by atoms with Gasteiger partial charge in [-0.05, 0) is 30.3 Å². The number of aromatic nitrogens is 4. The average Bonchev–Trinajstić information content (AvgIpc) is 3.24. The standard InChI is InChI=1S/C19H9ClFN5O2/c20-12-7-10(1-2-13(12)21)26-18(27)11-8-23-17-15(14(11)19(26)28)16(24-25-17)9-3-5-22-6-4-9/h1-8H,(H,23,24,25). The summed E-state index contributed by atoms with van der Waals surface area (Å²) in [6.45, 7) is 0. The van der Waals surface area contributed by atoms with E-state index < -0.39 is 17.6 Å². The second-order valence-corrected chi connectivity index (χ2v) is 6.53. The van der Waals surface area contributed by atoms with E-state index in [1.807, 2.05) is 0 Å². The fourth-order valence-corrected chi connectivity index (χ4v) is 3.46. The van der Waals surface area contributed by atoms with Crippen molar-refractivity contribution in [1.82, 2.24) is 20.2 Å². The molecule has 5 rings (SSSR count). The molecule has 4 heterocycles. The van der Waals surface area contributed by atoms with E-state index in [4.69, 9.17) is 11.6 Å². The molecule has 1 aliphatic heterocycles. The summed E-state index contributed by atoms with van der Waals surface area (Å²) >= 11 is 5.82. The molecule has 1 N–H and O–H groups in total. The number of rotatable bonds is 2. The smallest absolute Gasteiger partial charge is 0.267 e. The van der Waals surface area contributed by atoms with Crippen LogP contribution in [-0.4, -0.2) is 32.0 Å². The molecule has 4 aromatic rings. The summed E-state index contributed by atoms with van der Waals surface area (Å²) in [5, 5.41) is 7.28. The Morgan fingerprint density at radius 1 is 1.07 bits per heavy atom. The van der Waals surface area contributed by atoms with Gasteiger partial charge in [0.1, 0.15) is 5.82 Å². The summed E-state index contributed by atoms with van der Waals surface area (Å²) in [5.41, 5.74) is 2.13. The fourth-order valence-electron chi connectivity index (χ4n) is 3.28. The Morgan fingerprint density at radius 3 is 2.61 bits per heavy atom. The van der Waals surface area contributed by atoms with Crippen molar-refractivity contribution in [2.24, 2.45) is 0 Å². The molecule has 0 saturated heterocycles. The highest BCUT2D eigenvalue weighted by molar-refractivity contribution is 6.38. The first-order valence-electron chi connectivity index (χ1n) is 8.17. The Hall–Kier alpha value is -3.65. The first kappa shape index (κ1) is 16.5. The fraction of sp³-hybridized carbons (Fsp3) is 0. The number of pyridine rings is 2. The number of anilines is 1. The van der Waals surface area contributed by atoms with E-state index in [0.717, 1.165) is 16.5 Å². The maximum absolute atomic E-state index is 13.5. The maximum Gasteiger partial charge on any atom is 0.267 e. The molecule has 3 aromatic heterocycles. The zero-order chi connectivity index (χ0) is 19.4. The van der Waals surface area contributed by atoms with Gasteiger partial charge in [0.15, 0.2) is 5.65 Å². The summed E-state index contributed by atoms with van der Waals surface area (Å²) in [6, 6.07) is 7.18. The van der Waals surface area contributed by atoms with E-state index in [2.05, 4.69) is 20.2 Å². The third-order valence-electron chi connectivity index (χ3n) is 4.56. The van der Waals surface area contributed by atoms with Crippen LogP contribution < -0.4 is 4.90 Å². The maximum atomic E-state index is 13.5. The number of hydrogen-bond donors (Lipinski definition) is 1. The number of aromatic amines is 1. The van der Waals surface area contributed by atoms with Crippen molar-refractivity contribution in [1.29, 1.82) is 0 Å². The topological polar surface area (TPSA) is 91.8 Å². The first-order valence-corrected chi connectivity index (χ1v) is 8.55. The van der Waals surface area contributed by atoms with E-state index in [0.29, 0.717) is 16.7 Å². The number of nitrogens with one attached hydrogen (secondary N) is 1. The van der Waals surface area contributed by atoms with E-state index in [1.54, 1.807) is 24.5 Å². The molecular formula is C19H9ClFN5O2. The van der Waals surface area contributed by atoms with Gasteiger partial charge in [-0.3, -0.25) is 19.7 Å². The van der Waals surface area contributed by atoms with Crippen molar-refractivity contribution in [3.8, 4) is 11.3 Å². The molecule has 28 heavy (non-hydrogen) atoms. The molecule has 1 aromatic carbocycles. The quantitative estimate of drug-likeness (QED) is 0.525. The number of hydrogen-bond acceptors (Lipinski definition) is 5. The molecule has 0 saturated carbocycles. The van der Waals surface area contributed by atoms with Gasteiger partial charge in [0.05, 0.1) is 32.9 Å². The van der Waals surface area contributed by atoms with Gasteiger partial charge >= 0.3 is 0 Å². The van der Waals surface area contributed by atoms with Crippen LogP contribution in [0.2, 0.25) is 5.02 Å². The van der Waals surface area contributed by atoms with Gasteiger partial charge in [-0.15, -0.1) is 0 Å². The number of H-pyrrole nitrogens is 1. The number of fused-ring (bicyclic) bond motifs is 3. The molecule has 7 nitrogen and oxygen atoms in total. The van der Waals surface area contributed by atoms with Crippen LogP contribution in [0.3, 0.4) is 0 Å². The van der Waals surface area contributed by atoms with E-state index in [-0.39, 0.29) is 21.8 Å². The lowest BCUT2D eigenvalue weighted by Gasteiger charge is -2.14. The highest BCUT2D eigenvalue weighted by atomic mass is 35.5. The number of imide groups is 1. The van der Waals surface area contributed by atoms with Gasteiger partial charge in [0, 0.05) is 24.2 Å². The van der Waals surface area contributed by atoms with Crippen molar-refractivity contribution in [3.63, 3.8) is 0 Å². The molecule has 0 spiro atoms. The predicted molar refractivity (Wildman–Crippen MR) is 99.7 cm³/mol. The zero-order valence-electron chi connectivity index (χ0n) is 14.0. The minimum atomic E-state index is -0.638. The Kier molecular flexibility index (Phi) is 3.50. The number of nitrogens with zero attached hydrogens (tertiary/aromatic N) is 4. The lowest BCUT2D eigenvalue weighted by molar-refractivity contribution is 0.0926. The molecule has 1 aliphatic rings. The summed E-state index contributed by atoms with van der Waals surface area (Å²) in [4.78, 5) is 35.2. The monoisotopic (exact) mass is 393 g/mol. The van der Waals surface area contributed by atoms with E-state index in [9.17, 15) is 14.0 Å². The van der Waals surface area contributed by atoms with Crippen LogP contribution in [-0.2, 0) is 0 Å². The first-order chi connectivity index (χ1) is 13.6. The van der Waals surface area contributed by atoms with Crippen LogP contribution in [0.4, 0.5) is 10.1 Å². The van der Waals surface area contributed by atoms with Crippen LogP contribution >= 0.6 is 11.6 Å². The van der Waals surface area contributed by atoms with Gasteiger partial charge in [-0.1, -0.05) is 11.6 Å². The van der Waals surface area contributed by atoms with Crippen LogP contribution in [0, 0.1) is 5.82 Å². The Morgan fingerprint density at radius 2 is 1.86 bits per heavy atom. The molecule has 0 fully saturated rings. The molecule has 136 valence electrons. The van der Waals surface area contributed by atoms with E-state index >= 15 is 0 Å². The Labute approximate surface area is 161 Å². The third-order valence-corrected chi connectivity index (χ3v) is 4.85. The van der Waals surface area contributed by atoms with Crippen molar-refractivity contribution >= 4 is 40.1 Å². The van der Waals surface area contributed by atoms with Gasteiger partial charge in [0.2, 0.25) is 0 Å². The summed E-state index contributed by atoms with van der Waals surface area (Å²) in [5.74, 6) is -1.74. The molecule has 0 atom stereocenters. The molecule has 0 radical (unpaired) electrons. The third kappa shape index (κ3) is 2.25. The lowest BCUT2D eigenvalue weighted by atomic mass is 10.0. The van der Waals surface area contributed by atoms with Crippen molar-refractivity contribution < 1.29 is 14.0 Å². The average molecular weight is 394 g/mol. The van der Waals surface area contributed by atoms with Gasteiger partial charge in [-0.2, -0.15) is 5.10 Å². The number of carbonyl (C=O) groups excluding carboxylic acids is 2. The van der Waals surface area contributed by atoms with Crippen molar-refractivity contribution in [2.45, 2.75) is 0 Å². The zero-order valence-corrected chi connectivity index (χ0v) is 14.7. The van der Waals surface area contributed by atoms with Gasteiger partial charge < -0.3 is 0 Å². The summed E-state index contributed by atoms with van der Waals surface area (Å²) < 4.78 is 13.5. The molecule has 2 amide bonds. The Balaban J connectivity index is 1.73. The number of amides is 2. The van der Waals surface area contributed by atoms with E-state index in [1.165, 1.54) is 18.3 Å². The normalized spacial score (nSPS) is 13.4. The summed E-state index contributed by atoms with van der Waals surface area (Å²) in [7, 11) is 0. The second-order valence-electron chi connectivity index (χ2n) is 6.12. The molecule has 9 heteroatoms. The van der Waals surface area contributed by atoms with Gasteiger partial charge in [-0.25, -0.2) is 14.3 Å². The highest BCUT2D eigenvalue weighted by Crippen LogP contribution is 2.36. The SMILES string of the molecule is O=C1c2cnc3n[nH]c(-c4ccncc4)c3c2C(=O)N1c1ccc(F)c(Cl)c1. The van der Waals surface area contributed by atoms with Crippen LogP contribution in [0.25, 0.3) is 22.3 Å². The van der Waals surface area contributed by atoms with Gasteiger partial charge in [0.25, 0.3) is 11.8 Å². The van der Waals surface area contributed by atoms with Crippen LogP contribution in [0.1, 0.15) is 20.7 Å². The van der Waals surface area contributed by atoms with Crippen molar-refractivity contribution in [3.05, 3.63) is 70.9 Å². The molecular weight excluding hydrogens is 385 g/mol. The largest absolute Gasteiger partial charge is 0.275 e. The summed E-state index contributed by atoms with van der Waals surface area (Å²) in [6.07, 6.45) is 4.54. The lowest BCUT2D eigenvalue weighted by Crippen LogP contribution is -2.29. The number of carbonyl (C=O) groups is 2. The minimum Gasteiger partial charge on any atom is -0.275 e. The molecule has 0 bridgehead atoms. The number of halogens is 2. The highest BCUT2D eigenvalue weighted by Gasteiger charge is 2.40. The molecule has 0 unspecified atom stereocenters. The Bertz CT molecular complexity index is 1290.